The summed E-state index contributed by atoms with van der Waals surface area (Å²) in [6.07, 6.45) is 3.75. The Bertz CT molecular complexity index is 1440. The van der Waals surface area contributed by atoms with Crippen molar-refractivity contribution in [1.82, 2.24) is 4.57 Å². The zero-order valence-corrected chi connectivity index (χ0v) is 21.4. The summed E-state index contributed by atoms with van der Waals surface area (Å²) >= 11 is 6.19. The van der Waals surface area contributed by atoms with Gasteiger partial charge in [0.25, 0.3) is 5.56 Å². The monoisotopic (exact) mass is 544 g/mol. The number of thiazole rings is 1. The number of fused-ring (bicyclic) bond motifs is 1. The molecule has 4 rings (SSSR count). The fourth-order valence-corrected chi connectivity index (χ4v) is 5.51. The highest BCUT2D eigenvalue weighted by molar-refractivity contribution is 9.10. The highest BCUT2D eigenvalue weighted by atomic mass is 79.9. The number of nitrogens with zero attached hydrogens (tertiary/aromatic N) is 2. The molecule has 9 heteroatoms. The molecule has 1 aliphatic rings. The van der Waals surface area contributed by atoms with Crippen molar-refractivity contribution >= 4 is 51.1 Å². The lowest BCUT2D eigenvalue weighted by Crippen LogP contribution is -2.39. The molecule has 2 aromatic carbocycles. The predicted octanol–water partition coefficient (Wildman–Crippen LogP) is 3.99. The Morgan fingerprint density at radius 3 is 2.67 bits per heavy atom. The Hall–Kier alpha value is -2.62. The van der Waals surface area contributed by atoms with Crippen molar-refractivity contribution in [3.05, 3.63) is 89.0 Å². The maximum Gasteiger partial charge on any atom is 0.338 e. The lowest BCUT2D eigenvalue weighted by atomic mass is 9.96. The minimum atomic E-state index is -0.634. The van der Waals surface area contributed by atoms with Gasteiger partial charge in [0, 0.05) is 4.90 Å². The smallest absolute Gasteiger partial charge is 0.338 e. The van der Waals surface area contributed by atoms with Gasteiger partial charge in [-0.05, 0) is 77.5 Å². The van der Waals surface area contributed by atoms with Gasteiger partial charge in [0.15, 0.2) is 4.80 Å². The number of halogens is 1. The second-order valence-corrected chi connectivity index (χ2v) is 10.0. The van der Waals surface area contributed by atoms with Crippen LogP contribution in [0.4, 0.5) is 0 Å². The third-order valence-corrected chi connectivity index (χ3v) is 7.58. The minimum absolute atomic E-state index is 0.122. The van der Waals surface area contributed by atoms with E-state index in [-0.39, 0.29) is 17.9 Å². The second kappa shape index (κ2) is 9.70. The fraction of sp³-hybridized carbons (Fsp3) is 0.208. The maximum atomic E-state index is 13.6. The SMILES string of the molecule is CCOC(=O)C1=C(C)N=c2sc(=Cc3ccc(O)c(Br)c3)c(=O)n2C1c1ccc(SC)cc1. The van der Waals surface area contributed by atoms with Crippen molar-refractivity contribution in [3.8, 4) is 5.75 Å². The molecular formula is C24H21BrN2O4S2. The van der Waals surface area contributed by atoms with E-state index in [0.717, 1.165) is 16.0 Å². The highest BCUT2D eigenvalue weighted by Gasteiger charge is 2.33. The number of ether oxygens (including phenoxy) is 1. The molecule has 1 aliphatic heterocycles. The maximum absolute atomic E-state index is 13.6. The zero-order chi connectivity index (χ0) is 23.7. The quantitative estimate of drug-likeness (QED) is 0.388. The largest absolute Gasteiger partial charge is 0.507 e. The average Bonchev–Trinajstić information content (AvgIpc) is 3.10. The first-order valence-corrected chi connectivity index (χ1v) is 13.0. The van der Waals surface area contributed by atoms with Crippen LogP contribution >= 0.6 is 39.0 Å². The van der Waals surface area contributed by atoms with E-state index in [4.69, 9.17) is 4.74 Å². The normalized spacial score (nSPS) is 15.9. The number of aromatic nitrogens is 1. The van der Waals surface area contributed by atoms with Crippen molar-refractivity contribution in [3.63, 3.8) is 0 Å². The molecule has 0 saturated heterocycles. The van der Waals surface area contributed by atoms with E-state index in [1.807, 2.05) is 30.5 Å². The van der Waals surface area contributed by atoms with Gasteiger partial charge in [-0.3, -0.25) is 9.36 Å². The van der Waals surface area contributed by atoms with Gasteiger partial charge < -0.3 is 9.84 Å². The van der Waals surface area contributed by atoms with Crippen LogP contribution in [0.15, 0.2) is 72.9 Å². The van der Waals surface area contributed by atoms with E-state index < -0.39 is 12.0 Å². The summed E-state index contributed by atoms with van der Waals surface area (Å²) in [7, 11) is 0. The van der Waals surface area contributed by atoms with Crippen LogP contribution in [-0.2, 0) is 9.53 Å². The summed E-state index contributed by atoms with van der Waals surface area (Å²) in [5.74, 6) is -0.355. The van der Waals surface area contributed by atoms with Crippen molar-refractivity contribution in [1.29, 1.82) is 0 Å². The van der Waals surface area contributed by atoms with E-state index in [0.29, 0.717) is 25.1 Å². The Morgan fingerprint density at radius 2 is 2.03 bits per heavy atom. The molecule has 0 spiro atoms. The molecule has 1 aromatic heterocycles. The Labute approximate surface area is 207 Å². The third-order valence-electron chi connectivity index (χ3n) is 5.22. The summed E-state index contributed by atoms with van der Waals surface area (Å²) in [6, 6.07) is 12.2. The highest BCUT2D eigenvalue weighted by Crippen LogP contribution is 2.31. The molecule has 0 aliphatic carbocycles. The summed E-state index contributed by atoms with van der Waals surface area (Å²) in [5.41, 5.74) is 2.22. The molecule has 2 heterocycles. The number of phenolic OH excluding ortho intramolecular Hbond substituents is 1. The number of carbonyl (C=O) groups excluding carboxylic acids is 1. The van der Waals surface area contributed by atoms with Crippen molar-refractivity contribution in [2.24, 2.45) is 4.99 Å². The van der Waals surface area contributed by atoms with Crippen molar-refractivity contribution in [2.75, 3.05) is 12.9 Å². The molecule has 0 radical (unpaired) electrons. The number of benzene rings is 2. The lowest BCUT2D eigenvalue weighted by molar-refractivity contribution is -0.139. The summed E-state index contributed by atoms with van der Waals surface area (Å²) < 4.78 is 7.91. The second-order valence-electron chi connectivity index (χ2n) is 7.29. The number of hydrogen-bond donors (Lipinski definition) is 1. The third kappa shape index (κ3) is 4.58. The Kier molecular flexibility index (Phi) is 6.92. The molecule has 1 atom stereocenters. The first kappa shape index (κ1) is 23.5. The Balaban J connectivity index is 1.94. The molecule has 1 unspecified atom stereocenters. The van der Waals surface area contributed by atoms with Crippen molar-refractivity contribution in [2.45, 2.75) is 24.8 Å². The number of aromatic hydroxyl groups is 1. The topological polar surface area (TPSA) is 80.9 Å². The number of esters is 1. The molecular weight excluding hydrogens is 524 g/mol. The molecule has 6 nitrogen and oxygen atoms in total. The van der Waals surface area contributed by atoms with Gasteiger partial charge in [-0.25, -0.2) is 9.79 Å². The van der Waals surface area contributed by atoms with Gasteiger partial charge in [0.1, 0.15) is 5.75 Å². The average molecular weight is 545 g/mol. The van der Waals surface area contributed by atoms with E-state index in [9.17, 15) is 14.7 Å². The van der Waals surface area contributed by atoms with Crippen LogP contribution in [-0.4, -0.2) is 28.5 Å². The molecule has 0 bridgehead atoms. The van der Waals surface area contributed by atoms with Crippen LogP contribution in [0.5, 0.6) is 5.75 Å². The molecule has 0 saturated carbocycles. The van der Waals surface area contributed by atoms with Crippen LogP contribution < -0.4 is 14.9 Å². The summed E-state index contributed by atoms with van der Waals surface area (Å²) in [4.78, 5) is 32.7. The first-order chi connectivity index (χ1) is 15.8. The fourth-order valence-electron chi connectivity index (χ4n) is 3.66. The molecule has 0 amide bonds. The first-order valence-electron chi connectivity index (χ1n) is 10.2. The number of rotatable bonds is 5. The number of phenols is 1. The van der Waals surface area contributed by atoms with Crippen LogP contribution in [0.25, 0.3) is 6.08 Å². The summed E-state index contributed by atoms with van der Waals surface area (Å²) in [6.45, 7) is 3.75. The van der Waals surface area contributed by atoms with Gasteiger partial charge in [0.2, 0.25) is 0 Å². The van der Waals surface area contributed by atoms with E-state index in [2.05, 4.69) is 20.9 Å². The predicted molar refractivity (Wildman–Crippen MR) is 134 cm³/mol. The lowest BCUT2D eigenvalue weighted by Gasteiger charge is -2.24. The van der Waals surface area contributed by atoms with Gasteiger partial charge in [-0.2, -0.15) is 0 Å². The van der Waals surface area contributed by atoms with E-state index >= 15 is 0 Å². The Morgan fingerprint density at radius 1 is 1.30 bits per heavy atom. The number of carbonyl (C=O) groups is 1. The van der Waals surface area contributed by atoms with E-state index in [1.54, 1.807) is 54.5 Å². The number of thioether (sulfide) groups is 1. The molecule has 170 valence electrons. The molecule has 33 heavy (non-hydrogen) atoms. The van der Waals surface area contributed by atoms with Crippen LogP contribution in [0, 0.1) is 0 Å². The van der Waals surface area contributed by atoms with E-state index in [1.165, 1.54) is 11.3 Å². The molecule has 0 fully saturated rings. The molecule has 3 aromatic rings. The van der Waals surface area contributed by atoms with Gasteiger partial charge in [0.05, 0.1) is 32.9 Å². The summed E-state index contributed by atoms with van der Waals surface area (Å²) in [5, 5.41) is 9.76. The standard InChI is InChI=1S/C24H21BrN2O4S2/c1-4-31-23(30)20-13(2)26-24-27(21(20)15-6-8-16(32-3)9-7-15)22(29)19(33-24)12-14-5-10-18(28)17(25)11-14/h5-12,21,28H,4H2,1-3H3. The van der Waals surface area contributed by atoms with Gasteiger partial charge >= 0.3 is 5.97 Å². The van der Waals surface area contributed by atoms with Crippen LogP contribution in [0.1, 0.15) is 31.0 Å². The zero-order valence-electron chi connectivity index (χ0n) is 18.2. The van der Waals surface area contributed by atoms with Crippen LogP contribution in [0.3, 0.4) is 0 Å². The number of hydrogen-bond acceptors (Lipinski definition) is 7. The van der Waals surface area contributed by atoms with Gasteiger partial charge in [-0.15, -0.1) is 11.8 Å². The molecule has 1 N–H and O–H groups in total. The van der Waals surface area contributed by atoms with Crippen molar-refractivity contribution < 1.29 is 14.6 Å². The minimum Gasteiger partial charge on any atom is -0.507 e. The van der Waals surface area contributed by atoms with Gasteiger partial charge in [-0.1, -0.05) is 29.5 Å². The number of allylic oxidation sites excluding steroid dienone is 1. The van der Waals surface area contributed by atoms with Crippen LogP contribution in [0.2, 0.25) is 0 Å².